The fourth-order valence-electron chi connectivity index (χ4n) is 1.48. The van der Waals surface area contributed by atoms with Gasteiger partial charge in [-0.1, -0.05) is 36.4 Å². The van der Waals surface area contributed by atoms with E-state index < -0.39 is 0 Å². The van der Waals surface area contributed by atoms with Crippen LogP contribution in [0.2, 0.25) is 0 Å². The number of para-hydroxylation sites is 1. The molecule has 0 aliphatic heterocycles. The summed E-state index contributed by atoms with van der Waals surface area (Å²) in [5, 5.41) is 0. The normalized spacial score (nSPS) is 10.0. The van der Waals surface area contributed by atoms with E-state index in [9.17, 15) is 4.39 Å². The van der Waals surface area contributed by atoms with E-state index in [-0.39, 0.29) is 5.82 Å². The van der Waals surface area contributed by atoms with E-state index in [1.54, 1.807) is 31.4 Å². The molecule has 0 fully saturated rings. The maximum Gasteiger partial charge on any atom is 0.134 e. The fraction of sp³-hybridized carbons (Fsp3) is 0.0769. The zero-order valence-corrected chi connectivity index (χ0v) is 8.33. The van der Waals surface area contributed by atoms with Gasteiger partial charge in [0.05, 0.1) is 7.11 Å². The van der Waals surface area contributed by atoms with E-state index >= 15 is 0 Å². The topological polar surface area (TPSA) is 9.23 Å². The second-order valence-corrected chi connectivity index (χ2v) is 3.10. The van der Waals surface area contributed by atoms with E-state index in [4.69, 9.17) is 4.74 Å². The Labute approximate surface area is 88.1 Å². The largest absolute Gasteiger partial charge is 0.495 e. The predicted molar refractivity (Wildman–Crippen MR) is 57.2 cm³/mol. The Hall–Kier alpha value is -1.83. The molecular formula is C13H10FO. The minimum absolute atomic E-state index is 0.254. The minimum atomic E-state index is -0.254. The van der Waals surface area contributed by atoms with Gasteiger partial charge in [-0.25, -0.2) is 4.39 Å². The number of hydrogen-bond donors (Lipinski definition) is 0. The third-order valence-electron chi connectivity index (χ3n) is 2.19. The van der Waals surface area contributed by atoms with Crippen LogP contribution in [-0.4, -0.2) is 7.11 Å². The maximum absolute atomic E-state index is 13.5. The second-order valence-electron chi connectivity index (χ2n) is 3.10. The van der Waals surface area contributed by atoms with Crippen LogP contribution < -0.4 is 4.74 Å². The molecule has 0 atom stereocenters. The molecule has 2 aromatic carbocycles. The zero-order valence-electron chi connectivity index (χ0n) is 8.33. The van der Waals surface area contributed by atoms with Gasteiger partial charge in [0.15, 0.2) is 0 Å². The molecule has 0 spiro atoms. The maximum atomic E-state index is 13.5. The van der Waals surface area contributed by atoms with E-state index in [0.717, 1.165) is 5.56 Å². The molecule has 1 radical (unpaired) electrons. The summed E-state index contributed by atoms with van der Waals surface area (Å²) in [7, 11) is 1.55. The highest BCUT2D eigenvalue weighted by Gasteiger charge is 2.08. The van der Waals surface area contributed by atoms with Crippen LogP contribution in [0.15, 0.2) is 42.5 Å². The first kappa shape index (κ1) is 9.71. The SMILES string of the molecule is COc1[c]cccc1-c1ccccc1F. The first-order valence-electron chi connectivity index (χ1n) is 4.62. The van der Waals surface area contributed by atoms with Crippen molar-refractivity contribution in [2.75, 3.05) is 7.11 Å². The first-order valence-corrected chi connectivity index (χ1v) is 4.62. The molecule has 2 aromatic rings. The molecule has 0 unspecified atom stereocenters. The smallest absolute Gasteiger partial charge is 0.134 e. The molecule has 0 saturated heterocycles. The number of hydrogen-bond acceptors (Lipinski definition) is 1. The summed E-state index contributed by atoms with van der Waals surface area (Å²) in [6.07, 6.45) is 0. The average Bonchev–Trinajstić information content (AvgIpc) is 2.30. The van der Waals surface area contributed by atoms with Gasteiger partial charge in [-0.3, -0.25) is 0 Å². The summed E-state index contributed by atoms with van der Waals surface area (Å²) in [6.45, 7) is 0. The molecule has 0 aliphatic carbocycles. The lowest BCUT2D eigenvalue weighted by Gasteiger charge is -2.08. The molecule has 0 aromatic heterocycles. The van der Waals surface area contributed by atoms with E-state index in [1.165, 1.54) is 6.07 Å². The summed E-state index contributed by atoms with van der Waals surface area (Å²) in [6, 6.07) is 14.9. The molecule has 0 N–H and O–H groups in total. The van der Waals surface area contributed by atoms with Crippen LogP contribution in [0, 0.1) is 11.9 Å². The van der Waals surface area contributed by atoms with Crippen molar-refractivity contribution < 1.29 is 9.13 Å². The number of methoxy groups -OCH3 is 1. The lowest BCUT2D eigenvalue weighted by Crippen LogP contribution is -1.89. The molecule has 0 amide bonds. The van der Waals surface area contributed by atoms with Crippen LogP contribution in [0.5, 0.6) is 5.75 Å². The molecule has 75 valence electrons. The van der Waals surface area contributed by atoms with Crippen molar-refractivity contribution in [1.29, 1.82) is 0 Å². The molecule has 0 aliphatic rings. The number of benzene rings is 2. The monoisotopic (exact) mass is 201 g/mol. The standard InChI is InChI=1S/C13H10FO/c1-15-13-9-5-3-7-11(13)10-6-2-4-8-12(10)14/h2-8H,1H3. The Morgan fingerprint density at radius 2 is 1.80 bits per heavy atom. The van der Waals surface area contributed by atoms with Crippen LogP contribution in [0.4, 0.5) is 4.39 Å². The number of halogens is 1. The van der Waals surface area contributed by atoms with E-state index in [2.05, 4.69) is 6.07 Å². The highest BCUT2D eigenvalue weighted by Crippen LogP contribution is 2.30. The van der Waals surface area contributed by atoms with Gasteiger partial charge in [0.25, 0.3) is 0 Å². The van der Waals surface area contributed by atoms with Crippen LogP contribution >= 0.6 is 0 Å². The Bertz CT molecular complexity index is 466. The minimum Gasteiger partial charge on any atom is -0.495 e. The molecule has 0 saturated carbocycles. The highest BCUT2D eigenvalue weighted by atomic mass is 19.1. The van der Waals surface area contributed by atoms with Gasteiger partial charge in [0.1, 0.15) is 11.6 Å². The zero-order chi connectivity index (χ0) is 10.7. The third kappa shape index (κ3) is 1.84. The summed E-state index contributed by atoms with van der Waals surface area (Å²) < 4.78 is 18.7. The molecule has 2 rings (SSSR count). The second kappa shape index (κ2) is 4.13. The number of ether oxygens (including phenoxy) is 1. The van der Waals surface area contributed by atoms with Crippen LogP contribution in [0.1, 0.15) is 0 Å². The van der Waals surface area contributed by atoms with Gasteiger partial charge < -0.3 is 4.74 Å². The molecule has 1 nitrogen and oxygen atoms in total. The number of rotatable bonds is 2. The third-order valence-corrected chi connectivity index (χ3v) is 2.19. The highest BCUT2D eigenvalue weighted by molar-refractivity contribution is 5.70. The quantitative estimate of drug-likeness (QED) is 0.724. The van der Waals surface area contributed by atoms with Crippen LogP contribution in [0.3, 0.4) is 0 Å². The summed E-state index contributed by atoms with van der Waals surface area (Å²) in [5.41, 5.74) is 1.25. The summed E-state index contributed by atoms with van der Waals surface area (Å²) >= 11 is 0. The Kier molecular flexibility index (Phi) is 2.68. The predicted octanol–water partition coefficient (Wildman–Crippen LogP) is 3.30. The lowest BCUT2D eigenvalue weighted by atomic mass is 10.0. The summed E-state index contributed by atoms with van der Waals surface area (Å²) in [5.74, 6) is 0.304. The molecule has 2 heteroatoms. The van der Waals surface area contributed by atoms with E-state index in [0.29, 0.717) is 11.3 Å². The molecular weight excluding hydrogens is 191 g/mol. The molecule has 0 bridgehead atoms. The van der Waals surface area contributed by atoms with Crippen molar-refractivity contribution >= 4 is 0 Å². The van der Waals surface area contributed by atoms with Gasteiger partial charge in [-0.15, -0.1) is 0 Å². The average molecular weight is 201 g/mol. The lowest BCUT2D eigenvalue weighted by molar-refractivity contribution is 0.415. The van der Waals surface area contributed by atoms with E-state index in [1.807, 2.05) is 12.1 Å². The van der Waals surface area contributed by atoms with Gasteiger partial charge in [0.2, 0.25) is 0 Å². The van der Waals surface area contributed by atoms with Crippen molar-refractivity contribution in [2.45, 2.75) is 0 Å². The van der Waals surface area contributed by atoms with Gasteiger partial charge >= 0.3 is 0 Å². The van der Waals surface area contributed by atoms with Crippen molar-refractivity contribution in [1.82, 2.24) is 0 Å². The van der Waals surface area contributed by atoms with Gasteiger partial charge in [0, 0.05) is 17.2 Å². The van der Waals surface area contributed by atoms with Crippen molar-refractivity contribution in [3.8, 4) is 16.9 Å². The van der Waals surface area contributed by atoms with Gasteiger partial charge in [-0.2, -0.15) is 0 Å². The Morgan fingerprint density at radius 1 is 1.07 bits per heavy atom. The van der Waals surface area contributed by atoms with Crippen molar-refractivity contribution in [3.63, 3.8) is 0 Å². The Balaban J connectivity index is 2.59. The van der Waals surface area contributed by atoms with Gasteiger partial charge in [-0.05, 0) is 6.07 Å². The van der Waals surface area contributed by atoms with Crippen molar-refractivity contribution in [2.24, 2.45) is 0 Å². The van der Waals surface area contributed by atoms with Crippen molar-refractivity contribution in [3.05, 3.63) is 54.3 Å². The first-order chi connectivity index (χ1) is 7.33. The molecule has 15 heavy (non-hydrogen) atoms. The summed E-state index contributed by atoms with van der Waals surface area (Å²) in [4.78, 5) is 0. The fourth-order valence-corrected chi connectivity index (χ4v) is 1.48. The van der Waals surface area contributed by atoms with Crippen LogP contribution in [-0.2, 0) is 0 Å². The molecule has 0 heterocycles. The van der Waals surface area contributed by atoms with Crippen LogP contribution in [0.25, 0.3) is 11.1 Å². The Morgan fingerprint density at radius 3 is 2.53 bits per heavy atom.